The first-order valence-electron chi connectivity index (χ1n) is 9.40. The van der Waals surface area contributed by atoms with E-state index in [1.807, 2.05) is 28.6 Å². The first-order valence-corrected chi connectivity index (χ1v) is 9.40. The second-order valence-corrected chi connectivity index (χ2v) is 7.05. The number of nitrogens with zero attached hydrogens (tertiary/aromatic N) is 6. The van der Waals surface area contributed by atoms with E-state index in [2.05, 4.69) is 37.6 Å². The molecular formula is C18H26N8O. The molecule has 2 N–H and O–H groups in total. The summed E-state index contributed by atoms with van der Waals surface area (Å²) in [5.74, 6) is 0.534. The quantitative estimate of drug-likeness (QED) is 0.687. The maximum Gasteiger partial charge on any atom is 0.229 e. The maximum absolute atomic E-state index is 5.45. The van der Waals surface area contributed by atoms with Crippen LogP contribution in [0.2, 0.25) is 0 Å². The van der Waals surface area contributed by atoms with Gasteiger partial charge in [0, 0.05) is 13.3 Å². The van der Waals surface area contributed by atoms with E-state index in [0.29, 0.717) is 12.0 Å². The first kappa shape index (κ1) is 17.9. The van der Waals surface area contributed by atoms with Gasteiger partial charge in [-0.3, -0.25) is 4.68 Å². The van der Waals surface area contributed by atoms with E-state index in [1.165, 1.54) is 0 Å². The molecule has 0 aliphatic carbocycles. The normalized spacial score (nSPS) is 17.9. The molecule has 1 aliphatic rings. The molecule has 3 aromatic rings. The van der Waals surface area contributed by atoms with Gasteiger partial charge in [0.25, 0.3) is 0 Å². The number of aromatic nitrogens is 6. The van der Waals surface area contributed by atoms with E-state index in [-0.39, 0.29) is 12.1 Å². The third kappa shape index (κ3) is 3.65. The van der Waals surface area contributed by atoms with Crippen LogP contribution in [0.4, 0.5) is 11.6 Å². The van der Waals surface area contributed by atoms with Crippen LogP contribution in [-0.4, -0.2) is 55.6 Å². The van der Waals surface area contributed by atoms with Crippen LogP contribution in [0.25, 0.3) is 11.2 Å². The zero-order valence-electron chi connectivity index (χ0n) is 16.0. The Hall–Kier alpha value is -2.52. The largest absolute Gasteiger partial charge is 0.380 e. The third-order valence-corrected chi connectivity index (χ3v) is 5.35. The van der Waals surface area contributed by atoms with Gasteiger partial charge in [0.1, 0.15) is 5.52 Å². The first-order chi connectivity index (χ1) is 13.2. The van der Waals surface area contributed by atoms with Crippen molar-refractivity contribution in [3.8, 4) is 0 Å². The lowest BCUT2D eigenvalue weighted by Crippen LogP contribution is -2.29. The van der Waals surface area contributed by atoms with Gasteiger partial charge in [0.15, 0.2) is 5.65 Å². The minimum Gasteiger partial charge on any atom is -0.380 e. The number of fused-ring (bicyclic) bond motifs is 1. The highest BCUT2D eigenvalue weighted by molar-refractivity contribution is 5.71. The molecule has 1 saturated heterocycles. The van der Waals surface area contributed by atoms with E-state index in [4.69, 9.17) is 4.74 Å². The van der Waals surface area contributed by atoms with E-state index in [1.54, 1.807) is 19.6 Å². The van der Waals surface area contributed by atoms with Crippen LogP contribution in [0.1, 0.15) is 38.8 Å². The highest BCUT2D eigenvalue weighted by atomic mass is 16.5. The molecule has 1 aliphatic heterocycles. The minimum atomic E-state index is 0.0528. The smallest absolute Gasteiger partial charge is 0.229 e. The van der Waals surface area contributed by atoms with Crippen molar-refractivity contribution >= 4 is 22.8 Å². The summed E-state index contributed by atoms with van der Waals surface area (Å²) in [5, 5.41) is 11.1. The summed E-state index contributed by atoms with van der Waals surface area (Å²) in [6, 6.07) is 0.563. The Morgan fingerprint density at radius 3 is 2.81 bits per heavy atom. The van der Waals surface area contributed by atoms with Gasteiger partial charge < -0.3 is 19.9 Å². The number of hydrogen-bond donors (Lipinski definition) is 2. The number of imidazole rings is 1. The van der Waals surface area contributed by atoms with Crippen molar-refractivity contribution in [2.75, 3.05) is 25.5 Å². The summed E-state index contributed by atoms with van der Waals surface area (Å²) >= 11 is 0. The molecule has 2 atom stereocenters. The average Bonchev–Trinajstić information content (AvgIpc) is 3.34. The lowest BCUT2D eigenvalue weighted by Gasteiger charge is -2.22. The lowest BCUT2D eigenvalue weighted by molar-refractivity contribution is 0.0788. The molecule has 9 nitrogen and oxygen atoms in total. The molecule has 4 rings (SSSR count). The van der Waals surface area contributed by atoms with Crippen molar-refractivity contribution in [2.24, 2.45) is 0 Å². The Morgan fingerprint density at radius 1 is 1.22 bits per heavy atom. The van der Waals surface area contributed by atoms with Crippen LogP contribution in [0, 0.1) is 0 Å². The molecule has 27 heavy (non-hydrogen) atoms. The molecular weight excluding hydrogens is 344 g/mol. The molecule has 0 bridgehead atoms. The van der Waals surface area contributed by atoms with Gasteiger partial charge >= 0.3 is 0 Å². The number of piperidine rings is 1. The molecule has 0 radical (unpaired) electrons. The average molecular weight is 370 g/mol. The predicted octanol–water partition coefficient (Wildman–Crippen LogP) is 2.29. The molecule has 0 amide bonds. The van der Waals surface area contributed by atoms with Crippen LogP contribution >= 0.6 is 0 Å². The van der Waals surface area contributed by atoms with Crippen molar-refractivity contribution in [2.45, 2.75) is 44.9 Å². The molecule has 1 fully saturated rings. The predicted molar refractivity (Wildman–Crippen MR) is 103 cm³/mol. The number of methoxy groups -OCH3 is 1. The Kier molecular flexibility index (Phi) is 5.04. The van der Waals surface area contributed by atoms with Crippen LogP contribution < -0.4 is 10.6 Å². The van der Waals surface area contributed by atoms with Crippen LogP contribution in [0.3, 0.4) is 0 Å². The van der Waals surface area contributed by atoms with E-state index in [9.17, 15) is 0 Å². The zero-order valence-corrected chi connectivity index (χ0v) is 16.0. The molecule has 3 aromatic heterocycles. The molecule has 2 unspecified atom stereocenters. The zero-order chi connectivity index (χ0) is 18.8. The highest BCUT2D eigenvalue weighted by Crippen LogP contribution is 2.23. The molecule has 4 heterocycles. The second kappa shape index (κ2) is 7.61. The van der Waals surface area contributed by atoms with E-state index < -0.39 is 0 Å². The van der Waals surface area contributed by atoms with Crippen LogP contribution in [0.5, 0.6) is 0 Å². The molecule has 9 heteroatoms. The van der Waals surface area contributed by atoms with Gasteiger partial charge in [-0.15, -0.1) is 0 Å². The number of hydrogen-bond acceptors (Lipinski definition) is 7. The second-order valence-electron chi connectivity index (χ2n) is 7.05. The topological polar surface area (TPSA) is 94.7 Å². The van der Waals surface area contributed by atoms with Gasteiger partial charge in [0.2, 0.25) is 5.95 Å². The monoisotopic (exact) mass is 370 g/mol. The molecule has 144 valence electrons. The Bertz CT molecular complexity index is 898. The maximum atomic E-state index is 5.45. The summed E-state index contributed by atoms with van der Waals surface area (Å²) in [5.41, 5.74) is 2.44. The SMILES string of the molecule is COC(C)C(C)n1cnc2cnc(Nc3cnn(C4CCNCC4)c3)nc21. The van der Waals surface area contributed by atoms with Crippen molar-refractivity contribution in [1.29, 1.82) is 0 Å². The van der Waals surface area contributed by atoms with Gasteiger partial charge in [-0.05, 0) is 39.8 Å². The molecule has 0 saturated carbocycles. The van der Waals surface area contributed by atoms with Gasteiger partial charge in [-0.1, -0.05) is 0 Å². The van der Waals surface area contributed by atoms with Crippen LogP contribution in [0.15, 0.2) is 24.9 Å². The lowest BCUT2D eigenvalue weighted by atomic mass is 10.1. The van der Waals surface area contributed by atoms with Crippen molar-refractivity contribution in [3.05, 3.63) is 24.9 Å². The fourth-order valence-corrected chi connectivity index (χ4v) is 3.41. The summed E-state index contributed by atoms with van der Waals surface area (Å²) < 4.78 is 9.51. The third-order valence-electron chi connectivity index (χ3n) is 5.35. The summed E-state index contributed by atoms with van der Waals surface area (Å²) in [6.07, 6.45) is 9.62. The van der Waals surface area contributed by atoms with Crippen molar-refractivity contribution in [1.82, 2.24) is 34.6 Å². The summed E-state index contributed by atoms with van der Waals surface area (Å²) in [7, 11) is 1.71. The van der Waals surface area contributed by atoms with Crippen LogP contribution in [-0.2, 0) is 4.74 Å². The molecule has 0 spiro atoms. The standard InChI is InChI=1S/C18H26N8O/c1-12(13(2)27-3)25-11-21-16-9-20-18(24-17(16)25)23-14-8-22-26(10-14)15-4-6-19-7-5-15/h8-13,15,19H,4-7H2,1-3H3,(H,20,23,24). The Balaban J connectivity index is 1.55. The molecule has 0 aromatic carbocycles. The van der Waals surface area contributed by atoms with Gasteiger partial charge in [0.05, 0.1) is 42.6 Å². The number of anilines is 2. The van der Waals surface area contributed by atoms with Gasteiger partial charge in [-0.25, -0.2) is 9.97 Å². The Labute approximate surface area is 158 Å². The minimum absolute atomic E-state index is 0.0528. The number of rotatable bonds is 6. The van der Waals surface area contributed by atoms with E-state index >= 15 is 0 Å². The van der Waals surface area contributed by atoms with E-state index in [0.717, 1.165) is 42.8 Å². The summed E-state index contributed by atoms with van der Waals surface area (Å²) in [4.78, 5) is 13.5. The van der Waals surface area contributed by atoms with Crippen molar-refractivity contribution in [3.63, 3.8) is 0 Å². The van der Waals surface area contributed by atoms with Crippen molar-refractivity contribution < 1.29 is 4.74 Å². The number of nitrogens with one attached hydrogen (secondary N) is 2. The number of ether oxygens (including phenoxy) is 1. The fraction of sp³-hybridized carbons (Fsp3) is 0.556. The summed E-state index contributed by atoms with van der Waals surface area (Å²) in [6.45, 7) is 6.20. The highest BCUT2D eigenvalue weighted by Gasteiger charge is 2.18. The Morgan fingerprint density at radius 2 is 2.04 bits per heavy atom. The fourth-order valence-electron chi connectivity index (χ4n) is 3.41. The van der Waals surface area contributed by atoms with Gasteiger partial charge in [-0.2, -0.15) is 10.1 Å².